The summed E-state index contributed by atoms with van der Waals surface area (Å²) in [6, 6.07) is 4.86. The van der Waals surface area contributed by atoms with Crippen LogP contribution in [0.1, 0.15) is 37.3 Å². The van der Waals surface area contributed by atoms with Crippen molar-refractivity contribution in [2.24, 2.45) is 5.92 Å². The molecule has 0 radical (unpaired) electrons. The first-order valence-electron chi connectivity index (χ1n) is 7.67. The van der Waals surface area contributed by atoms with Gasteiger partial charge in [-0.1, -0.05) is 24.9 Å². The Bertz CT molecular complexity index is 755. The quantitative estimate of drug-likeness (QED) is 0.740. The van der Waals surface area contributed by atoms with Gasteiger partial charge in [0.2, 0.25) is 0 Å². The van der Waals surface area contributed by atoms with E-state index in [1.54, 1.807) is 31.0 Å². The molecule has 23 heavy (non-hydrogen) atoms. The molecule has 6 heteroatoms. The lowest BCUT2D eigenvalue weighted by Crippen LogP contribution is -2.50. The van der Waals surface area contributed by atoms with Crippen LogP contribution in [0.15, 0.2) is 12.1 Å². The van der Waals surface area contributed by atoms with Crippen LogP contribution in [0, 0.1) is 24.2 Å². The van der Waals surface area contributed by atoms with Crippen molar-refractivity contribution in [3.8, 4) is 6.07 Å². The van der Waals surface area contributed by atoms with Crippen LogP contribution >= 0.6 is 11.6 Å². The van der Waals surface area contributed by atoms with Crippen LogP contribution in [0.2, 0.25) is 5.02 Å². The van der Waals surface area contributed by atoms with Crippen LogP contribution in [-0.4, -0.2) is 29.4 Å². The topological polar surface area (TPSA) is 64.4 Å². The number of hydrogen-bond donors (Lipinski definition) is 0. The van der Waals surface area contributed by atoms with E-state index >= 15 is 0 Å². The van der Waals surface area contributed by atoms with Crippen LogP contribution in [0.5, 0.6) is 0 Å². The summed E-state index contributed by atoms with van der Waals surface area (Å²) in [6.07, 6.45) is 2.56. The molecular formula is C17H18ClN3O2. The van der Waals surface area contributed by atoms with Gasteiger partial charge in [-0.3, -0.25) is 4.79 Å². The first kappa shape index (κ1) is 15.8. The molecule has 1 heterocycles. The fourth-order valence-electron chi connectivity index (χ4n) is 3.94. The predicted molar refractivity (Wildman–Crippen MR) is 87.3 cm³/mol. The summed E-state index contributed by atoms with van der Waals surface area (Å²) in [7, 11) is 1.70. The van der Waals surface area contributed by atoms with Crippen molar-refractivity contribution in [3.05, 3.63) is 28.3 Å². The number of likely N-dealkylation sites (N-methyl/N-ethyl adjacent to an activating group) is 1. The molecule has 3 amide bonds. The van der Waals surface area contributed by atoms with Crippen molar-refractivity contribution in [1.29, 1.82) is 5.26 Å². The van der Waals surface area contributed by atoms with Gasteiger partial charge in [0.1, 0.15) is 11.6 Å². The van der Waals surface area contributed by atoms with E-state index in [9.17, 15) is 9.59 Å². The predicted octanol–water partition coefficient (Wildman–Crippen LogP) is 3.48. The molecule has 0 N–H and O–H groups in total. The lowest BCUT2D eigenvalue weighted by atomic mass is 9.87. The zero-order valence-electron chi connectivity index (χ0n) is 13.4. The number of carbonyl (C=O) groups excluding carboxylic acids is 2. The van der Waals surface area contributed by atoms with E-state index in [0.29, 0.717) is 23.2 Å². The highest BCUT2D eigenvalue weighted by Crippen LogP contribution is 2.47. The fraction of sp³-hybridized carbons (Fsp3) is 0.471. The van der Waals surface area contributed by atoms with Crippen LogP contribution in [0.3, 0.4) is 0 Å². The molecule has 1 saturated heterocycles. The van der Waals surface area contributed by atoms with Gasteiger partial charge in [-0.15, -0.1) is 0 Å². The van der Waals surface area contributed by atoms with Gasteiger partial charge < -0.3 is 4.90 Å². The van der Waals surface area contributed by atoms with Crippen LogP contribution in [0.4, 0.5) is 10.5 Å². The summed E-state index contributed by atoms with van der Waals surface area (Å²) in [5.74, 6) is -0.0537. The summed E-state index contributed by atoms with van der Waals surface area (Å²) < 4.78 is 0. The van der Waals surface area contributed by atoms with Crippen molar-refractivity contribution in [1.82, 2.24) is 4.90 Å². The van der Waals surface area contributed by atoms with Gasteiger partial charge >= 0.3 is 6.03 Å². The molecular weight excluding hydrogens is 314 g/mol. The Labute approximate surface area is 140 Å². The summed E-state index contributed by atoms with van der Waals surface area (Å²) in [4.78, 5) is 28.7. The highest BCUT2D eigenvalue weighted by Gasteiger charge is 2.60. The molecule has 0 aromatic heterocycles. The third-order valence-corrected chi connectivity index (χ3v) is 5.87. The highest BCUT2D eigenvalue weighted by molar-refractivity contribution is 6.33. The maximum absolute atomic E-state index is 13.1. The van der Waals surface area contributed by atoms with Crippen molar-refractivity contribution >= 4 is 29.2 Å². The summed E-state index contributed by atoms with van der Waals surface area (Å²) in [5, 5.41) is 9.34. The van der Waals surface area contributed by atoms with E-state index in [4.69, 9.17) is 16.9 Å². The minimum absolute atomic E-state index is 0.128. The molecule has 1 aliphatic carbocycles. The molecule has 120 valence electrons. The molecule has 2 fully saturated rings. The van der Waals surface area contributed by atoms with Gasteiger partial charge in [-0.05, 0) is 43.4 Å². The molecule has 1 aromatic rings. The van der Waals surface area contributed by atoms with Gasteiger partial charge in [0.15, 0.2) is 0 Å². The standard InChI is InChI=1S/C17H18ClN3O2/c1-10-5-4-8-17(10)15(22)21(16(23)20(17)3)13-7-6-12(9-19)14(18)11(13)2/h6-7,10H,4-5,8H2,1-3H3. The SMILES string of the molecule is Cc1c(N2C(=O)N(C)C3(CCCC3C)C2=O)ccc(C#N)c1Cl. The second kappa shape index (κ2) is 5.24. The number of rotatable bonds is 1. The molecule has 3 rings (SSSR count). The molecule has 1 spiro atoms. The van der Waals surface area contributed by atoms with Crippen molar-refractivity contribution in [2.75, 3.05) is 11.9 Å². The number of anilines is 1. The Hall–Kier alpha value is -2.06. The van der Waals surface area contributed by atoms with Crippen LogP contribution < -0.4 is 4.90 Å². The Morgan fingerprint density at radius 1 is 1.39 bits per heavy atom. The Morgan fingerprint density at radius 2 is 2.09 bits per heavy atom. The van der Waals surface area contributed by atoms with Gasteiger partial charge in [-0.25, -0.2) is 9.69 Å². The first-order chi connectivity index (χ1) is 10.9. The zero-order valence-corrected chi connectivity index (χ0v) is 14.1. The number of nitrogens with zero attached hydrogens (tertiary/aromatic N) is 3. The normalized spacial score (nSPS) is 27.2. The maximum atomic E-state index is 13.1. The van der Waals surface area contributed by atoms with E-state index in [-0.39, 0.29) is 22.9 Å². The summed E-state index contributed by atoms with van der Waals surface area (Å²) in [5.41, 5.74) is 0.629. The maximum Gasteiger partial charge on any atom is 0.332 e. The number of benzene rings is 1. The minimum Gasteiger partial charge on any atom is -0.312 e. The number of urea groups is 1. The minimum atomic E-state index is -0.746. The second-order valence-electron chi connectivity index (χ2n) is 6.38. The molecule has 1 saturated carbocycles. The van der Waals surface area contributed by atoms with Gasteiger partial charge in [-0.2, -0.15) is 5.26 Å². The van der Waals surface area contributed by atoms with Gasteiger partial charge in [0.25, 0.3) is 5.91 Å². The summed E-state index contributed by atoms with van der Waals surface area (Å²) in [6.45, 7) is 3.75. The molecule has 2 atom stereocenters. The van der Waals surface area contributed by atoms with Crippen LogP contribution in [0.25, 0.3) is 0 Å². The van der Waals surface area contributed by atoms with E-state index in [0.717, 1.165) is 12.8 Å². The van der Waals surface area contributed by atoms with E-state index in [1.165, 1.54) is 4.90 Å². The number of imide groups is 1. The Morgan fingerprint density at radius 3 is 2.65 bits per heavy atom. The fourth-order valence-corrected chi connectivity index (χ4v) is 4.14. The lowest BCUT2D eigenvalue weighted by molar-refractivity contribution is -0.126. The first-order valence-corrected chi connectivity index (χ1v) is 8.05. The molecule has 5 nitrogen and oxygen atoms in total. The van der Waals surface area contributed by atoms with E-state index in [1.807, 2.05) is 13.0 Å². The number of carbonyl (C=O) groups is 2. The van der Waals surface area contributed by atoms with Crippen molar-refractivity contribution in [2.45, 2.75) is 38.6 Å². The smallest absolute Gasteiger partial charge is 0.312 e. The van der Waals surface area contributed by atoms with Crippen LogP contribution in [-0.2, 0) is 4.79 Å². The monoisotopic (exact) mass is 331 g/mol. The number of amides is 3. The third-order valence-electron chi connectivity index (χ3n) is 5.38. The van der Waals surface area contributed by atoms with Crippen molar-refractivity contribution < 1.29 is 9.59 Å². The van der Waals surface area contributed by atoms with Crippen molar-refractivity contribution in [3.63, 3.8) is 0 Å². The number of nitriles is 1. The lowest BCUT2D eigenvalue weighted by Gasteiger charge is -2.32. The summed E-state index contributed by atoms with van der Waals surface area (Å²) >= 11 is 6.20. The van der Waals surface area contributed by atoms with Gasteiger partial charge in [0.05, 0.1) is 16.3 Å². The number of hydrogen-bond acceptors (Lipinski definition) is 3. The number of halogens is 1. The zero-order chi connectivity index (χ0) is 16.9. The largest absolute Gasteiger partial charge is 0.332 e. The average molecular weight is 332 g/mol. The second-order valence-corrected chi connectivity index (χ2v) is 6.76. The molecule has 1 aliphatic heterocycles. The van der Waals surface area contributed by atoms with Gasteiger partial charge in [0, 0.05) is 7.05 Å². The molecule has 1 aromatic carbocycles. The Kier molecular flexibility index (Phi) is 3.61. The Balaban J connectivity index is 2.12. The third kappa shape index (κ3) is 1.91. The highest BCUT2D eigenvalue weighted by atomic mass is 35.5. The van der Waals surface area contributed by atoms with E-state index in [2.05, 4.69) is 0 Å². The average Bonchev–Trinajstić information content (AvgIpc) is 3.00. The molecule has 0 bridgehead atoms. The molecule has 2 unspecified atom stereocenters. The molecule has 2 aliphatic rings. The van der Waals surface area contributed by atoms with E-state index < -0.39 is 5.54 Å².